The number of amides is 1. The quantitative estimate of drug-likeness (QED) is 0.613. The summed E-state index contributed by atoms with van der Waals surface area (Å²) >= 11 is 0. The molecular formula is C8H16N2O. The van der Waals surface area contributed by atoms with Crippen molar-refractivity contribution in [3.05, 3.63) is 0 Å². The van der Waals surface area contributed by atoms with Crippen LogP contribution in [0.2, 0.25) is 0 Å². The summed E-state index contributed by atoms with van der Waals surface area (Å²) in [7, 11) is 0. The highest BCUT2D eigenvalue weighted by Gasteiger charge is 2.28. The molecule has 1 fully saturated rings. The number of nitrogens with two attached hydrogens (primary N) is 1. The summed E-state index contributed by atoms with van der Waals surface area (Å²) in [6, 6.07) is 0.414. The lowest BCUT2D eigenvalue weighted by molar-refractivity contribution is -0.121. The van der Waals surface area contributed by atoms with Gasteiger partial charge in [0.2, 0.25) is 5.91 Å². The van der Waals surface area contributed by atoms with E-state index in [0.29, 0.717) is 12.0 Å². The second-order valence-corrected chi connectivity index (χ2v) is 3.56. The van der Waals surface area contributed by atoms with Crippen LogP contribution in [0.3, 0.4) is 0 Å². The van der Waals surface area contributed by atoms with Crippen molar-refractivity contribution in [1.82, 2.24) is 5.32 Å². The third-order valence-electron chi connectivity index (χ3n) is 1.97. The Morgan fingerprint density at radius 1 is 1.55 bits per heavy atom. The van der Waals surface area contributed by atoms with Gasteiger partial charge in [-0.2, -0.15) is 0 Å². The molecule has 3 heteroatoms. The fourth-order valence-corrected chi connectivity index (χ4v) is 1.11. The largest absolute Gasteiger partial charge is 0.368 e. The zero-order chi connectivity index (χ0) is 8.43. The van der Waals surface area contributed by atoms with E-state index in [1.807, 2.05) is 13.8 Å². The molecule has 0 heterocycles. The standard InChI is InChI=1S/C8H16N2O/c1-5(2)7(8(9)11)10-6-3-4-6/h5-7,10H,3-4H2,1-2H3,(H2,9,11)/t7-/m0/s1. The Hall–Kier alpha value is -0.570. The summed E-state index contributed by atoms with van der Waals surface area (Å²) in [5, 5.41) is 3.22. The molecule has 1 atom stereocenters. The van der Waals surface area contributed by atoms with Gasteiger partial charge in [0, 0.05) is 6.04 Å². The molecule has 0 aromatic carbocycles. The van der Waals surface area contributed by atoms with E-state index in [4.69, 9.17) is 5.73 Å². The fourth-order valence-electron chi connectivity index (χ4n) is 1.11. The van der Waals surface area contributed by atoms with E-state index in [0.717, 1.165) is 0 Å². The van der Waals surface area contributed by atoms with Crippen LogP contribution in [-0.4, -0.2) is 18.0 Å². The van der Waals surface area contributed by atoms with Crippen molar-refractivity contribution >= 4 is 5.91 Å². The van der Waals surface area contributed by atoms with Crippen LogP contribution in [0.4, 0.5) is 0 Å². The smallest absolute Gasteiger partial charge is 0.234 e. The van der Waals surface area contributed by atoms with E-state index < -0.39 is 0 Å². The van der Waals surface area contributed by atoms with E-state index >= 15 is 0 Å². The van der Waals surface area contributed by atoms with Crippen LogP contribution < -0.4 is 11.1 Å². The van der Waals surface area contributed by atoms with E-state index in [1.54, 1.807) is 0 Å². The lowest BCUT2D eigenvalue weighted by Gasteiger charge is -2.18. The Morgan fingerprint density at radius 2 is 2.09 bits per heavy atom. The number of primary amides is 1. The van der Waals surface area contributed by atoms with Gasteiger partial charge < -0.3 is 11.1 Å². The molecule has 1 amide bonds. The number of carbonyl (C=O) groups is 1. The highest BCUT2D eigenvalue weighted by molar-refractivity contribution is 5.80. The Morgan fingerprint density at radius 3 is 2.36 bits per heavy atom. The van der Waals surface area contributed by atoms with Gasteiger partial charge >= 0.3 is 0 Å². The number of nitrogens with one attached hydrogen (secondary N) is 1. The molecule has 3 nitrogen and oxygen atoms in total. The Bertz CT molecular complexity index is 152. The molecule has 1 aliphatic rings. The first-order chi connectivity index (χ1) is 5.11. The van der Waals surface area contributed by atoms with Gasteiger partial charge in [-0.25, -0.2) is 0 Å². The van der Waals surface area contributed by atoms with Gasteiger partial charge in [-0.05, 0) is 18.8 Å². The molecule has 1 saturated carbocycles. The molecule has 3 N–H and O–H groups in total. The molecule has 0 aromatic rings. The van der Waals surface area contributed by atoms with Crippen molar-refractivity contribution < 1.29 is 4.79 Å². The van der Waals surface area contributed by atoms with E-state index in [2.05, 4.69) is 5.32 Å². The van der Waals surface area contributed by atoms with Gasteiger partial charge in [-0.3, -0.25) is 4.79 Å². The van der Waals surface area contributed by atoms with Crippen molar-refractivity contribution in [3.8, 4) is 0 Å². The van der Waals surface area contributed by atoms with Crippen LogP contribution in [0.15, 0.2) is 0 Å². The number of carbonyl (C=O) groups excluding carboxylic acids is 1. The highest BCUT2D eigenvalue weighted by atomic mass is 16.1. The predicted molar refractivity (Wildman–Crippen MR) is 44.0 cm³/mol. The van der Waals surface area contributed by atoms with E-state index in [1.165, 1.54) is 12.8 Å². The minimum absolute atomic E-state index is 0.137. The average molecular weight is 156 g/mol. The minimum Gasteiger partial charge on any atom is -0.368 e. The molecule has 0 unspecified atom stereocenters. The maximum absolute atomic E-state index is 10.9. The first-order valence-electron chi connectivity index (χ1n) is 4.16. The summed E-state index contributed by atoms with van der Waals surface area (Å²) in [6.45, 7) is 4.01. The molecule has 1 rings (SSSR count). The molecule has 0 aromatic heterocycles. The first-order valence-corrected chi connectivity index (χ1v) is 4.16. The third-order valence-corrected chi connectivity index (χ3v) is 1.97. The molecule has 0 spiro atoms. The Kier molecular flexibility index (Phi) is 2.49. The van der Waals surface area contributed by atoms with E-state index in [9.17, 15) is 4.79 Å². The molecule has 1 aliphatic carbocycles. The normalized spacial score (nSPS) is 20.3. The Balaban J connectivity index is 2.37. The second kappa shape index (κ2) is 3.22. The van der Waals surface area contributed by atoms with Crippen molar-refractivity contribution in [3.63, 3.8) is 0 Å². The number of rotatable bonds is 4. The van der Waals surface area contributed by atoms with Crippen molar-refractivity contribution in [1.29, 1.82) is 0 Å². The van der Waals surface area contributed by atoms with Gasteiger partial charge in [0.05, 0.1) is 6.04 Å². The summed E-state index contributed by atoms with van der Waals surface area (Å²) < 4.78 is 0. The highest BCUT2D eigenvalue weighted by Crippen LogP contribution is 2.20. The second-order valence-electron chi connectivity index (χ2n) is 3.56. The minimum atomic E-state index is -0.230. The number of hydrogen-bond acceptors (Lipinski definition) is 2. The van der Waals surface area contributed by atoms with E-state index in [-0.39, 0.29) is 11.9 Å². The molecule has 11 heavy (non-hydrogen) atoms. The first kappa shape index (κ1) is 8.53. The van der Waals surface area contributed by atoms with Crippen molar-refractivity contribution in [2.75, 3.05) is 0 Å². The van der Waals surface area contributed by atoms with Gasteiger partial charge in [0.25, 0.3) is 0 Å². The van der Waals surface area contributed by atoms with Crippen LogP contribution in [0, 0.1) is 5.92 Å². The molecular weight excluding hydrogens is 140 g/mol. The lowest BCUT2D eigenvalue weighted by atomic mass is 10.0. The summed E-state index contributed by atoms with van der Waals surface area (Å²) in [6.07, 6.45) is 2.38. The third kappa shape index (κ3) is 2.50. The van der Waals surface area contributed by atoms with Crippen molar-refractivity contribution in [2.45, 2.75) is 38.8 Å². The van der Waals surface area contributed by atoms with Crippen LogP contribution >= 0.6 is 0 Å². The Labute approximate surface area is 67.3 Å². The maximum atomic E-state index is 10.9. The van der Waals surface area contributed by atoms with Crippen LogP contribution in [0.1, 0.15) is 26.7 Å². The maximum Gasteiger partial charge on any atom is 0.234 e. The van der Waals surface area contributed by atoms with Gasteiger partial charge in [-0.15, -0.1) is 0 Å². The molecule has 0 bridgehead atoms. The summed E-state index contributed by atoms with van der Waals surface area (Å²) in [5.74, 6) is 0.0694. The molecule has 0 radical (unpaired) electrons. The average Bonchev–Trinajstić information content (AvgIpc) is 2.63. The molecule has 0 saturated heterocycles. The fraction of sp³-hybridized carbons (Fsp3) is 0.875. The lowest BCUT2D eigenvalue weighted by Crippen LogP contribution is -2.45. The van der Waals surface area contributed by atoms with Gasteiger partial charge in [0.15, 0.2) is 0 Å². The van der Waals surface area contributed by atoms with Crippen LogP contribution in [-0.2, 0) is 4.79 Å². The van der Waals surface area contributed by atoms with Crippen molar-refractivity contribution in [2.24, 2.45) is 11.7 Å². The SMILES string of the molecule is CC(C)[C@H](NC1CC1)C(N)=O. The van der Waals surface area contributed by atoms with Gasteiger partial charge in [0.1, 0.15) is 0 Å². The number of hydrogen-bond donors (Lipinski definition) is 2. The molecule has 0 aliphatic heterocycles. The van der Waals surface area contributed by atoms with Crippen LogP contribution in [0.25, 0.3) is 0 Å². The van der Waals surface area contributed by atoms with Crippen LogP contribution in [0.5, 0.6) is 0 Å². The monoisotopic (exact) mass is 156 g/mol. The zero-order valence-electron chi connectivity index (χ0n) is 7.13. The molecule has 64 valence electrons. The topological polar surface area (TPSA) is 55.1 Å². The predicted octanol–water partition coefficient (Wildman–Crippen LogP) is 0.248. The summed E-state index contributed by atoms with van der Waals surface area (Å²) in [5.41, 5.74) is 5.21. The summed E-state index contributed by atoms with van der Waals surface area (Å²) in [4.78, 5) is 10.9. The zero-order valence-corrected chi connectivity index (χ0v) is 7.13. The van der Waals surface area contributed by atoms with Gasteiger partial charge in [-0.1, -0.05) is 13.8 Å².